The molecule has 180 valence electrons. The van der Waals surface area contributed by atoms with E-state index in [1.54, 1.807) is 0 Å². The Morgan fingerprint density at radius 2 is 0.903 bits per heavy atom. The molecule has 0 bridgehead atoms. The summed E-state index contributed by atoms with van der Waals surface area (Å²) in [6, 6.07) is 4.72. The number of benzene rings is 1. The third kappa shape index (κ3) is 14.7. The molecule has 1 nitrogen and oxygen atoms in total. The lowest BCUT2D eigenvalue weighted by molar-refractivity contribution is 0.301. The largest absolute Gasteiger partial charge is 0.493 e. The summed E-state index contributed by atoms with van der Waals surface area (Å²) in [4.78, 5) is 0. The van der Waals surface area contributed by atoms with Crippen LogP contribution in [0.5, 0.6) is 5.75 Å². The second-order valence-electron chi connectivity index (χ2n) is 9.81. The van der Waals surface area contributed by atoms with Crippen molar-refractivity contribution < 1.29 is 4.74 Å². The summed E-state index contributed by atoms with van der Waals surface area (Å²) in [5.41, 5.74) is 4.12. The summed E-state index contributed by atoms with van der Waals surface area (Å²) in [7, 11) is 0. The molecule has 1 aromatic rings. The van der Waals surface area contributed by atoms with Crippen LogP contribution in [0.2, 0.25) is 0 Å². The summed E-state index contributed by atoms with van der Waals surface area (Å²) in [5.74, 6) is 1.13. The fourth-order valence-electron chi connectivity index (χ4n) is 4.64. The summed E-state index contributed by atoms with van der Waals surface area (Å²) < 4.78 is 6.10. The first-order valence-corrected chi connectivity index (χ1v) is 13.9. The molecule has 0 aliphatic carbocycles. The average molecular weight is 431 g/mol. The first kappa shape index (κ1) is 28.1. The maximum Gasteiger partial charge on any atom is 0.125 e. The number of unbranched alkanes of at least 4 members (excludes halogenated alkanes) is 16. The van der Waals surface area contributed by atoms with E-state index in [2.05, 4.69) is 39.8 Å². The topological polar surface area (TPSA) is 9.23 Å². The highest BCUT2D eigenvalue weighted by atomic mass is 16.5. The number of rotatable bonds is 21. The van der Waals surface area contributed by atoms with E-state index in [1.165, 1.54) is 139 Å². The summed E-state index contributed by atoms with van der Waals surface area (Å²) in [6.45, 7) is 9.84. The summed E-state index contributed by atoms with van der Waals surface area (Å²) in [6.07, 6.45) is 26.3. The minimum Gasteiger partial charge on any atom is -0.493 e. The second kappa shape index (κ2) is 19.7. The van der Waals surface area contributed by atoms with Crippen molar-refractivity contribution in [3.05, 3.63) is 28.8 Å². The Hall–Kier alpha value is -0.980. The Morgan fingerprint density at radius 3 is 1.35 bits per heavy atom. The molecule has 0 N–H and O–H groups in total. The van der Waals surface area contributed by atoms with Crippen LogP contribution in [0.15, 0.2) is 12.1 Å². The minimum atomic E-state index is 0.861. The van der Waals surface area contributed by atoms with Crippen LogP contribution in [-0.4, -0.2) is 6.61 Å². The molecule has 0 aliphatic rings. The second-order valence-corrected chi connectivity index (χ2v) is 9.81. The Labute approximate surface area is 195 Å². The number of aryl methyl sites for hydroxylation is 3. The molecule has 0 aliphatic heterocycles. The molecule has 0 unspecified atom stereocenters. The van der Waals surface area contributed by atoms with Gasteiger partial charge in [0.1, 0.15) is 5.75 Å². The van der Waals surface area contributed by atoms with Crippen LogP contribution in [0.3, 0.4) is 0 Å². The Balaban J connectivity index is 2.04. The maximum atomic E-state index is 6.10. The molecule has 1 aromatic carbocycles. The molecule has 0 saturated carbocycles. The molecular formula is C30H54O. The zero-order valence-corrected chi connectivity index (χ0v) is 21.7. The normalized spacial score (nSPS) is 11.2. The third-order valence-electron chi connectivity index (χ3n) is 6.58. The SMILES string of the molecule is CCCCCCCCCCCCCCCCc1cc(C)c(OCCCCCC)c(C)c1. The van der Waals surface area contributed by atoms with Gasteiger partial charge >= 0.3 is 0 Å². The van der Waals surface area contributed by atoms with E-state index >= 15 is 0 Å². The lowest BCUT2D eigenvalue weighted by atomic mass is 10.00. The zero-order valence-electron chi connectivity index (χ0n) is 21.7. The van der Waals surface area contributed by atoms with E-state index in [1.807, 2.05) is 0 Å². The van der Waals surface area contributed by atoms with Gasteiger partial charge in [-0.3, -0.25) is 0 Å². The van der Waals surface area contributed by atoms with Crippen molar-refractivity contribution in [1.82, 2.24) is 0 Å². The van der Waals surface area contributed by atoms with Gasteiger partial charge in [0.2, 0.25) is 0 Å². The summed E-state index contributed by atoms with van der Waals surface area (Å²) >= 11 is 0. The number of hydrogen-bond donors (Lipinski definition) is 0. The fourth-order valence-corrected chi connectivity index (χ4v) is 4.64. The molecule has 31 heavy (non-hydrogen) atoms. The molecule has 0 atom stereocenters. The third-order valence-corrected chi connectivity index (χ3v) is 6.58. The Kier molecular flexibility index (Phi) is 17.8. The molecule has 0 fully saturated rings. The van der Waals surface area contributed by atoms with Crippen LogP contribution in [0, 0.1) is 13.8 Å². The van der Waals surface area contributed by atoms with Crippen molar-refractivity contribution in [3.8, 4) is 5.75 Å². The van der Waals surface area contributed by atoms with Crippen LogP contribution in [0.4, 0.5) is 0 Å². The standard InChI is InChI=1S/C30H54O/c1-5-7-9-11-12-13-14-15-16-17-18-19-20-21-23-29-25-27(3)30(28(4)26-29)31-24-22-10-8-6-2/h25-26H,5-24H2,1-4H3. The highest BCUT2D eigenvalue weighted by molar-refractivity contribution is 5.43. The number of hydrogen-bond acceptors (Lipinski definition) is 1. The van der Waals surface area contributed by atoms with Gasteiger partial charge in [-0.2, -0.15) is 0 Å². The van der Waals surface area contributed by atoms with Crippen molar-refractivity contribution in [2.45, 2.75) is 150 Å². The first-order valence-electron chi connectivity index (χ1n) is 13.9. The average Bonchev–Trinajstić information content (AvgIpc) is 2.75. The predicted molar refractivity (Wildman–Crippen MR) is 140 cm³/mol. The van der Waals surface area contributed by atoms with Gasteiger partial charge in [-0.25, -0.2) is 0 Å². The quantitative estimate of drug-likeness (QED) is 0.176. The van der Waals surface area contributed by atoms with E-state index < -0.39 is 0 Å². The van der Waals surface area contributed by atoms with Crippen LogP contribution in [0.25, 0.3) is 0 Å². The molecule has 0 aromatic heterocycles. The van der Waals surface area contributed by atoms with Crippen LogP contribution in [-0.2, 0) is 6.42 Å². The molecule has 0 heterocycles. The van der Waals surface area contributed by atoms with Gasteiger partial charge in [0.05, 0.1) is 6.61 Å². The van der Waals surface area contributed by atoms with Crippen molar-refractivity contribution in [2.24, 2.45) is 0 Å². The molecule has 0 radical (unpaired) electrons. The summed E-state index contributed by atoms with van der Waals surface area (Å²) in [5, 5.41) is 0. The molecule has 1 rings (SSSR count). The molecule has 0 amide bonds. The van der Waals surface area contributed by atoms with Crippen molar-refractivity contribution >= 4 is 0 Å². The zero-order chi connectivity index (χ0) is 22.6. The molecule has 0 saturated heterocycles. The highest BCUT2D eigenvalue weighted by Gasteiger charge is 2.07. The van der Waals surface area contributed by atoms with Crippen molar-refractivity contribution in [3.63, 3.8) is 0 Å². The van der Waals surface area contributed by atoms with Gasteiger partial charge in [-0.15, -0.1) is 0 Å². The predicted octanol–water partition coefficient (Wildman–Crippen LogP) is 10.3. The highest BCUT2D eigenvalue weighted by Crippen LogP contribution is 2.26. The van der Waals surface area contributed by atoms with Gasteiger partial charge in [-0.1, -0.05) is 129 Å². The van der Waals surface area contributed by atoms with Gasteiger partial charge in [0, 0.05) is 0 Å². The van der Waals surface area contributed by atoms with E-state index in [0.717, 1.165) is 12.4 Å². The lowest BCUT2D eigenvalue weighted by Crippen LogP contribution is -2.02. The maximum absolute atomic E-state index is 6.10. The fraction of sp³-hybridized carbons (Fsp3) is 0.800. The van der Waals surface area contributed by atoms with E-state index in [-0.39, 0.29) is 0 Å². The monoisotopic (exact) mass is 430 g/mol. The first-order chi connectivity index (χ1) is 15.2. The van der Waals surface area contributed by atoms with Crippen LogP contribution in [0.1, 0.15) is 146 Å². The molecule has 1 heteroatoms. The van der Waals surface area contributed by atoms with E-state index in [0.29, 0.717) is 0 Å². The molecule has 0 spiro atoms. The Morgan fingerprint density at radius 1 is 0.516 bits per heavy atom. The van der Waals surface area contributed by atoms with Crippen molar-refractivity contribution in [2.75, 3.05) is 6.61 Å². The lowest BCUT2D eigenvalue weighted by Gasteiger charge is -2.14. The Bertz CT molecular complexity index is 510. The number of ether oxygens (including phenoxy) is 1. The molecular weight excluding hydrogens is 376 g/mol. The van der Waals surface area contributed by atoms with E-state index in [9.17, 15) is 0 Å². The van der Waals surface area contributed by atoms with Gasteiger partial charge in [0.25, 0.3) is 0 Å². The van der Waals surface area contributed by atoms with Gasteiger partial charge in [0.15, 0.2) is 0 Å². The smallest absolute Gasteiger partial charge is 0.125 e. The van der Waals surface area contributed by atoms with E-state index in [4.69, 9.17) is 4.74 Å². The van der Waals surface area contributed by atoms with Crippen LogP contribution < -0.4 is 4.74 Å². The van der Waals surface area contributed by atoms with Crippen LogP contribution >= 0.6 is 0 Å². The minimum absolute atomic E-state index is 0.861. The van der Waals surface area contributed by atoms with Gasteiger partial charge in [-0.05, 0) is 49.8 Å². The van der Waals surface area contributed by atoms with Gasteiger partial charge < -0.3 is 4.74 Å². The van der Waals surface area contributed by atoms with Crippen molar-refractivity contribution in [1.29, 1.82) is 0 Å².